The van der Waals surface area contributed by atoms with Gasteiger partial charge in [0, 0.05) is 27.8 Å². The van der Waals surface area contributed by atoms with Crippen LogP contribution in [-0.4, -0.2) is 0 Å². The summed E-state index contributed by atoms with van der Waals surface area (Å²) in [5.41, 5.74) is 8.67. The van der Waals surface area contributed by atoms with E-state index in [9.17, 15) is 10.5 Å². The first kappa shape index (κ1) is 28.3. The molecule has 172 valence electrons. The average molecular weight is 1130 g/mol. The Labute approximate surface area is 286 Å². The van der Waals surface area contributed by atoms with Crippen LogP contribution in [-0.2, 0) is 6.42 Å². The molecule has 0 radical (unpaired) electrons. The molecule has 0 aliphatic carbocycles. The number of rotatable bonds is 4. The van der Waals surface area contributed by atoms with Crippen molar-refractivity contribution < 1.29 is 0 Å². The van der Waals surface area contributed by atoms with Gasteiger partial charge in [-0.2, -0.15) is 10.5 Å². The Morgan fingerprint density at radius 2 is 0.829 bits per heavy atom. The van der Waals surface area contributed by atoms with E-state index in [1.807, 2.05) is 36.4 Å². The number of nitriles is 2. The van der Waals surface area contributed by atoms with Crippen LogP contribution in [0.5, 0.6) is 0 Å². The topological polar surface area (TPSA) is 47.6 Å². The van der Waals surface area contributed by atoms with Gasteiger partial charge in [0.25, 0.3) is 0 Å². The minimum absolute atomic E-state index is 0.683. The molecule has 0 aromatic heterocycles. The standard InChI is InChI=1S/C27H12I6N2/c28-22-5-14(12-34)1-3-18(22)16-7-24(30)20(25(31)8-16)11-21-26(32)9-17(10-27(21)33)19-4-2-15(13-35)6-23(19)29/h1-10H,11H2. The second kappa shape index (κ2) is 12.4. The number of hydrogen-bond acceptors (Lipinski definition) is 2. The summed E-state index contributed by atoms with van der Waals surface area (Å²) in [5.74, 6) is 0. The highest BCUT2D eigenvalue weighted by Crippen LogP contribution is 2.36. The van der Waals surface area contributed by atoms with Crippen molar-refractivity contribution in [2.45, 2.75) is 6.42 Å². The molecule has 0 N–H and O–H groups in total. The van der Waals surface area contributed by atoms with Crippen LogP contribution in [0.4, 0.5) is 0 Å². The molecule has 4 aromatic carbocycles. The second-order valence-corrected chi connectivity index (χ2v) is 14.6. The molecule has 2 nitrogen and oxygen atoms in total. The molecule has 0 bridgehead atoms. The number of nitrogens with zero attached hydrogens (tertiary/aromatic N) is 2. The van der Waals surface area contributed by atoms with Gasteiger partial charge >= 0.3 is 0 Å². The summed E-state index contributed by atoms with van der Waals surface area (Å²) in [5, 5.41) is 18.4. The lowest BCUT2D eigenvalue weighted by Crippen LogP contribution is -2.02. The number of halogens is 6. The van der Waals surface area contributed by atoms with Crippen LogP contribution in [0.15, 0.2) is 60.7 Å². The zero-order chi connectivity index (χ0) is 25.3. The van der Waals surface area contributed by atoms with Crippen LogP contribution in [0.2, 0.25) is 0 Å². The van der Waals surface area contributed by atoms with E-state index in [-0.39, 0.29) is 0 Å². The van der Waals surface area contributed by atoms with Gasteiger partial charge in [-0.05, 0) is 217 Å². The molecule has 0 aliphatic rings. The predicted molar refractivity (Wildman–Crippen MR) is 192 cm³/mol. The van der Waals surface area contributed by atoms with Gasteiger partial charge in [0.05, 0.1) is 23.3 Å². The molecule has 35 heavy (non-hydrogen) atoms. The van der Waals surface area contributed by atoms with Gasteiger partial charge < -0.3 is 0 Å². The maximum absolute atomic E-state index is 9.18. The lowest BCUT2D eigenvalue weighted by molar-refractivity contribution is 1.13. The average Bonchev–Trinajstić information content (AvgIpc) is 2.82. The zero-order valence-corrected chi connectivity index (χ0v) is 30.6. The fourth-order valence-electron chi connectivity index (χ4n) is 3.67. The molecule has 0 aliphatic heterocycles. The molecule has 0 amide bonds. The minimum Gasteiger partial charge on any atom is -0.192 e. The van der Waals surface area contributed by atoms with E-state index in [0.29, 0.717) is 11.1 Å². The normalized spacial score (nSPS) is 10.6. The molecule has 0 heterocycles. The van der Waals surface area contributed by atoms with E-state index >= 15 is 0 Å². The first-order valence-electron chi connectivity index (χ1n) is 10.1. The van der Waals surface area contributed by atoms with Crippen LogP contribution in [0.25, 0.3) is 22.3 Å². The third-order valence-corrected chi connectivity index (χ3v) is 11.1. The Morgan fingerprint density at radius 1 is 0.486 bits per heavy atom. The van der Waals surface area contributed by atoms with Crippen molar-refractivity contribution >= 4 is 136 Å². The fourth-order valence-corrected chi connectivity index (χ4v) is 9.62. The van der Waals surface area contributed by atoms with E-state index in [4.69, 9.17) is 0 Å². The van der Waals surface area contributed by atoms with Crippen molar-refractivity contribution in [2.75, 3.05) is 0 Å². The van der Waals surface area contributed by atoms with Gasteiger partial charge in [-0.1, -0.05) is 12.1 Å². The van der Waals surface area contributed by atoms with Crippen molar-refractivity contribution in [1.82, 2.24) is 0 Å². The van der Waals surface area contributed by atoms with Crippen LogP contribution >= 0.6 is 136 Å². The third kappa shape index (κ3) is 6.46. The zero-order valence-electron chi connectivity index (χ0n) is 17.6. The van der Waals surface area contributed by atoms with Crippen molar-refractivity contribution in [3.05, 3.63) is 104 Å². The summed E-state index contributed by atoms with van der Waals surface area (Å²) >= 11 is 14.4. The maximum Gasteiger partial charge on any atom is 0.0991 e. The highest BCUT2D eigenvalue weighted by molar-refractivity contribution is 14.1. The van der Waals surface area contributed by atoms with Crippen molar-refractivity contribution in [1.29, 1.82) is 10.5 Å². The lowest BCUT2D eigenvalue weighted by Gasteiger charge is -2.16. The van der Waals surface area contributed by atoms with Gasteiger partial charge in [0.1, 0.15) is 0 Å². The lowest BCUT2D eigenvalue weighted by atomic mass is 9.98. The Hall–Kier alpha value is 0.240. The van der Waals surface area contributed by atoms with Gasteiger partial charge in [-0.15, -0.1) is 0 Å². The molecular weight excluding hydrogens is 1110 g/mol. The van der Waals surface area contributed by atoms with Gasteiger partial charge in [-0.3, -0.25) is 0 Å². The molecule has 8 heteroatoms. The quantitative estimate of drug-likeness (QED) is 0.191. The number of hydrogen-bond donors (Lipinski definition) is 0. The summed E-state index contributed by atoms with van der Waals surface area (Å²) in [7, 11) is 0. The third-order valence-electron chi connectivity index (χ3n) is 5.45. The van der Waals surface area contributed by atoms with E-state index in [2.05, 4.69) is 172 Å². The summed E-state index contributed by atoms with van der Waals surface area (Å²) in [4.78, 5) is 0. The van der Waals surface area contributed by atoms with Crippen LogP contribution in [0, 0.1) is 44.1 Å². The first-order valence-corrected chi connectivity index (χ1v) is 16.5. The minimum atomic E-state index is 0.683. The van der Waals surface area contributed by atoms with Crippen molar-refractivity contribution in [2.24, 2.45) is 0 Å². The highest BCUT2D eigenvalue weighted by Gasteiger charge is 2.16. The van der Waals surface area contributed by atoms with E-state index in [1.165, 1.54) is 36.5 Å². The van der Waals surface area contributed by atoms with Crippen LogP contribution < -0.4 is 0 Å². The largest absolute Gasteiger partial charge is 0.192 e. The van der Waals surface area contributed by atoms with E-state index < -0.39 is 0 Å². The fraction of sp³-hybridized carbons (Fsp3) is 0.0370. The smallest absolute Gasteiger partial charge is 0.0991 e. The summed E-state index contributed by atoms with van der Waals surface area (Å²) in [6.07, 6.45) is 0.864. The Bertz CT molecular complexity index is 1400. The van der Waals surface area contributed by atoms with Gasteiger partial charge in [0.15, 0.2) is 0 Å². The Morgan fingerprint density at radius 3 is 1.11 bits per heavy atom. The molecule has 0 spiro atoms. The van der Waals surface area contributed by atoms with E-state index in [0.717, 1.165) is 24.7 Å². The molecule has 0 unspecified atom stereocenters. The summed E-state index contributed by atoms with van der Waals surface area (Å²) < 4.78 is 7.11. The number of benzene rings is 4. The molecule has 4 aromatic rings. The Balaban J connectivity index is 1.69. The maximum atomic E-state index is 9.18. The molecule has 0 saturated carbocycles. The Kier molecular flexibility index (Phi) is 10.0. The van der Waals surface area contributed by atoms with Crippen LogP contribution in [0.3, 0.4) is 0 Å². The molecular formula is C27H12I6N2. The predicted octanol–water partition coefficient (Wildman–Crippen LogP) is 9.98. The van der Waals surface area contributed by atoms with Gasteiger partial charge in [-0.25, -0.2) is 0 Å². The second-order valence-electron chi connectivity index (χ2n) is 7.63. The molecule has 0 saturated heterocycles. The van der Waals surface area contributed by atoms with Crippen molar-refractivity contribution in [3.63, 3.8) is 0 Å². The van der Waals surface area contributed by atoms with Crippen molar-refractivity contribution in [3.8, 4) is 34.4 Å². The monoisotopic (exact) mass is 1130 g/mol. The summed E-state index contributed by atoms with van der Waals surface area (Å²) in [6.45, 7) is 0. The summed E-state index contributed by atoms with van der Waals surface area (Å²) in [6, 6.07) is 25.1. The molecule has 0 fully saturated rings. The van der Waals surface area contributed by atoms with Gasteiger partial charge in [0.2, 0.25) is 0 Å². The first-order chi connectivity index (χ1) is 16.7. The molecule has 4 rings (SSSR count). The van der Waals surface area contributed by atoms with Crippen LogP contribution in [0.1, 0.15) is 22.3 Å². The molecule has 0 atom stereocenters. The van der Waals surface area contributed by atoms with E-state index in [1.54, 1.807) is 0 Å². The highest BCUT2D eigenvalue weighted by atomic mass is 127. The SMILES string of the molecule is N#Cc1ccc(-c2cc(I)c(Cc3c(I)cc(-c4ccc(C#N)cc4I)cc3I)c(I)c2)c(I)c1.